The van der Waals surface area contributed by atoms with Crippen LogP contribution >= 0.6 is 0 Å². The van der Waals surface area contributed by atoms with Crippen LogP contribution in [0, 0.1) is 0 Å². The standard InChI is InChI=1S/C35H39N15O/c36-24-5-1-4-23(18-24)21-41-32-48-33(50-35(49-32)44-29-9-3-7-26(38)20-29)42-27-12-10-22(11-13-27)14-15-39-30-45-31(40-16-17-51)47-34(46-30)43-28-8-2-6-25(37)19-28/h1-13,18-20,51H,14-17,21,36-38H2,(H3,39,40,43,45,46,47)(H3,41,42,44,48,49,50). The van der Waals surface area contributed by atoms with Crippen LogP contribution in [0.5, 0.6) is 0 Å². The Kier molecular flexibility index (Phi) is 10.9. The van der Waals surface area contributed by atoms with E-state index in [9.17, 15) is 5.11 Å². The molecule has 16 nitrogen and oxygen atoms in total. The van der Waals surface area contributed by atoms with Crippen LogP contribution < -0.4 is 49.1 Å². The van der Waals surface area contributed by atoms with Crippen molar-refractivity contribution in [2.75, 3.05) is 68.8 Å². The van der Waals surface area contributed by atoms with Crippen LogP contribution in [0.2, 0.25) is 0 Å². The highest BCUT2D eigenvalue weighted by Crippen LogP contribution is 2.22. The first-order valence-electron chi connectivity index (χ1n) is 16.2. The summed E-state index contributed by atoms with van der Waals surface area (Å²) in [6.07, 6.45) is 0.696. The van der Waals surface area contributed by atoms with Crippen molar-refractivity contribution in [2.45, 2.75) is 13.0 Å². The van der Waals surface area contributed by atoms with Gasteiger partial charge in [-0.15, -0.1) is 0 Å². The topological polar surface area (TPSA) is 248 Å². The van der Waals surface area contributed by atoms with Gasteiger partial charge in [0.25, 0.3) is 0 Å². The van der Waals surface area contributed by atoms with Crippen molar-refractivity contribution in [2.24, 2.45) is 0 Å². The molecule has 0 aliphatic rings. The van der Waals surface area contributed by atoms with Crippen LogP contribution in [0.25, 0.3) is 0 Å². The van der Waals surface area contributed by atoms with Gasteiger partial charge in [-0.05, 0) is 78.2 Å². The summed E-state index contributed by atoms with van der Waals surface area (Å²) in [6, 6.07) is 30.2. The monoisotopic (exact) mass is 685 g/mol. The Morgan fingerprint density at radius 1 is 0.451 bits per heavy atom. The maximum absolute atomic E-state index is 9.25. The molecular weight excluding hydrogens is 646 g/mol. The SMILES string of the molecule is Nc1cccc(CNc2nc(Nc3ccc(CCNc4nc(NCCO)nc(Nc5cccc(N)c5)n4)cc3)nc(Nc3cccc(N)c3)n2)c1. The number of nitrogens with two attached hydrogens (primary N) is 3. The Bertz CT molecular complexity index is 2060. The van der Waals surface area contributed by atoms with Gasteiger partial charge in [-0.1, -0.05) is 36.4 Å². The van der Waals surface area contributed by atoms with Crippen molar-refractivity contribution in [3.05, 3.63) is 108 Å². The van der Waals surface area contributed by atoms with Crippen LogP contribution in [0.15, 0.2) is 97.1 Å². The van der Waals surface area contributed by atoms with Crippen molar-refractivity contribution in [3.8, 4) is 0 Å². The molecular formula is C35H39N15O. The summed E-state index contributed by atoms with van der Waals surface area (Å²) in [5, 5.41) is 28.4. The second-order valence-corrected chi connectivity index (χ2v) is 11.4. The third kappa shape index (κ3) is 10.3. The highest BCUT2D eigenvalue weighted by molar-refractivity contribution is 5.63. The molecule has 2 heterocycles. The highest BCUT2D eigenvalue weighted by atomic mass is 16.3. The Hall–Kier alpha value is -6.94. The number of aromatic nitrogens is 6. The molecule has 0 radical (unpaired) electrons. The van der Waals surface area contributed by atoms with E-state index in [-0.39, 0.29) is 6.61 Å². The third-order valence-corrected chi connectivity index (χ3v) is 7.26. The summed E-state index contributed by atoms with van der Waals surface area (Å²) in [4.78, 5) is 27.1. The largest absolute Gasteiger partial charge is 0.399 e. The van der Waals surface area contributed by atoms with Crippen LogP contribution in [-0.2, 0) is 13.0 Å². The van der Waals surface area contributed by atoms with E-state index in [4.69, 9.17) is 17.2 Å². The third-order valence-electron chi connectivity index (χ3n) is 7.26. The average molecular weight is 686 g/mol. The number of aliphatic hydroxyl groups is 1. The first kappa shape index (κ1) is 33.9. The van der Waals surface area contributed by atoms with Gasteiger partial charge in [-0.3, -0.25) is 0 Å². The molecule has 0 atom stereocenters. The first-order valence-corrected chi connectivity index (χ1v) is 16.2. The van der Waals surface area contributed by atoms with Gasteiger partial charge in [-0.2, -0.15) is 29.9 Å². The summed E-state index contributed by atoms with van der Waals surface area (Å²) in [6.45, 7) is 1.27. The van der Waals surface area contributed by atoms with Crippen molar-refractivity contribution in [3.63, 3.8) is 0 Å². The average Bonchev–Trinajstić information content (AvgIpc) is 3.11. The fourth-order valence-corrected chi connectivity index (χ4v) is 4.90. The van der Waals surface area contributed by atoms with E-state index in [2.05, 4.69) is 61.8 Å². The van der Waals surface area contributed by atoms with Crippen molar-refractivity contribution in [1.82, 2.24) is 29.9 Å². The predicted octanol–water partition coefficient (Wildman–Crippen LogP) is 4.70. The van der Waals surface area contributed by atoms with Crippen LogP contribution in [0.4, 0.5) is 69.8 Å². The molecule has 4 aromatic carbocycles. The lowest BCUT2D eigenvalue weighted by atomic mass is 10.1. The Labute approximate surface area is 294 Å². The number of rotatable bonds is 16. The number of hydrogen-bond donors (Lipinski definition) is 10. The lowest BCUT2D eigenvalue weighted by Gasteiger charge is -2.13. The van der Waals surface area contributed by atoms with Gasteiger partial charge >= 0.3 is 0 Å². The molecule has 0 fully saturated rings. The molecule has 0 saturated carbocycles. The number of nitrogens with zero attached hydrogens (tertiary/aromatic N) is 6. The first-order chi connectivity index (χ1) is 24.9. The second-order valence-electron chi connectivity index (χ2n) is 11.4. The zero-order chi connectivity index (χ0) is 35.4. The van der Waals surface area contributed by atoms with Gasteiger partial charge < -0.3 is 54.2 Å². The molecule has 6 aromatic rings. The van der Waals surface area contributed by atoms with E-state index in [1.54, 1.807) is 18.2 Å². The molecule has 0 saturated heterocycles. The van der Waals surface area contributed by atoms with E-state index >= 15 is 0 Å². The maximum atomic E-state index is 9.25. The smallest absolute Gasteiger partial charge is 0.233 e. The molecule has 0 aliphatic heterocycles. The molecule has 16 heteroatoms. The molecule has 13 N–H and O–H groups in total. The highest BCUT2D eigenvalue weighted by Gasteiger charge is 2.10. The Morgan fingerprint density at radius 2 is 0.922 bits per heavy atom. The molecule has 2 aromatic heterocycles. The minimum atomic E-state index is -0.0614. The van der Waals surface area contributed by atoms with Gasteiger partial charge in [-0.25, -0.2) is 0 Å². The molecule has 0 bridgehead atoms. The van der Waals surface area contributed by atoms with Gasteiger partial charge in [0.2, 0.25) is 35.7 Å². The fourth-order valence-electron chi connectivity index (χ4n) is 4.90. The zero-order valence-corrected chi connectivity index (χ0v) is 27.6. The lowest BCUT2D eigenvalue weighted by Crippen LogP contribution is -2.14. The number of hydrogen-bond acceptors (Lipinski definition) is 16. The molecule has 6 rings (SSSR count). The van der Waals surface area contributed by atoms with E-state index in [1.807, 2.05) is 78.9 Å². The minimum absolute atomic E-state index is 0.0614. The summed E-state index contributed by atoms with van der Waals surface area (Å²) in [5.41, 5.74) is 24.1. The van der Waals surface area contributed by atoms with Crippen LogP contribution in [0.1, 0.15) is 11.1 Å². The summed E-state index contributed by atoms with van der Waals surface area (Å²) < 4.78 is 0. The summed E-state index contributed by atoms with van der Waals surface area (Å²) in [5.74, 6) is 2.12. The Morgan fingerprint density at radius 3 is 1.47 bits per heavy atom. The summed E-state index contributed by atoms with van der Waals surface area (Å²) >= 11 is 0. The number of aliphatic hydroxyl groups excluding tert-OH is 1. The molecule has 260 valence electrons. The van der Waals surface area contributed by atoms with Crippen LogP contribution in [-0.4, -0.2) is 54.7 Å². The minimum Gasteiger partial charge on any atom is -0.399 e. The van der Waals surface area contributed by atoms with Crippen molar-refractivity contribution < 1.29 is 5.11 Å². The fraction of sp³-hybridized carbons (Fsp3) is 0.143. The molecule has 0 aliphatic carbocycles. The quantitative estimate of drug-likeness (QED) is 0.0620. The van der Waals surface area contributed by atoms with E-state index in [0.29, 0.717) is 78.8 Å². The maximum Gasteiger partial charge on any atom is 0.233 e. The molecule has 0 unspecified atom stereocenters. The van der Waals surface area contributed by atoms with Crippen molar-refractivity contribution in [1.29, 1.82) is 0 Å². The van der Waals surface area contributed by atoms with Crippen LogP contribution in [0.3, 0.4) is 0 Å². The predicted molar refractivity (Wildman–Crippen MR) is 204 cm³/mol. The summed E-state index contributed by atoms with van der Waals surface area (Å²) in [7, 11) is 0. The molecule has 0 amide bonds. The zero-order valence-electron chi connectivity index (χ0n) is 27.6. The van der Waals surface area contributed by atoms with Gasteiger partial charge in [0.05, 0.1) is 6.61 Å². The van der Waals surface area contributed by atoms with E-state index in [0.717, 1.165) is 28.2 Å². The number of nitrogen functional groups attached to an aromatic ring is 3. The lowest BCUT2D eigenvalue weighted by molar-refractivity contribution is 0.311. The van der Waals surface area contributed by atoms with Gasteiger partial charge in [0.1, 0.15) is 0 Å². The van der Waals surface area contributed by atoms with E-state index < -0.39 is 0 Å². The number of anilines is 12. The number of benzene rings is 4. The normalized spacial score (nSPS) is 10.7. The van der Waals surface area contributed by atoms with E-state index in [1.165, 1.54) is 0 Å². The second kappa shape index (κ2) is 16.4. The molecule has 51 heavy (non-hydrogen) atoms. The number of nitrogens with one attached hydrogen (secondary N) is 6. The van der Waals surface area contributed by atoms with Crippen molar-refractivity contribution >= 4 is 69.8 Å². The van der Waals surface area contributed by atoms with Gasteiger partial charge in [0, 0.05) is 53.8 Å². The molecule has 0 spiro atoms. The van der Waals surface area contributed by atoms with Gasteiger partial charge in [0.15, 0.2) is 0 Å². The Balaban J connectivity index is 1.10.